The van der Waals surface area contributed by atoms with Crippen molar-refractivity contribution < 1.29 is 9.53 Å². The number of halogens is 1. The van der Waals surface area contributed by atoms with E-state index in [1.54, 1.807) is 4.90 Å². The number of anilines is 1. The van der Waals surface area contributed by atoms with Crippen molar-refractivity contribution in [3.05, 3.63) is 29.8 Å². The van der Waals surface area contributed by atoms with Crippen LogP contribution in [0.5, 0.6) is 0 Å². The summed E-state index contributed by atoms with van der Waals surface area (Å²) in [6.07, 6.45) is -0.251. The summed E-state index contributed by atoms with van der Waals surface area (Å²) in [4.78, 5) is 13.0. The Labute approximate surface area is 90.8 Å². The van der Waals surface area contributed by atoms with Crippen molar-refractivity contribution in [1.82, 2.24) is 0 Å². The summed E-state index contributed by atoms with van der Waals surface area (Å²) in [5.74, 6) is 0. The Hall–Kier alpha value is -1.03. The molecule has 74 valence electrons. The smallest absolute Gasteiger partial charge is 0.414 e. The fraction of sp³-hybridized carbons (Fsp3) is 0.300. The minimum atomic E-state index is -0.251. The Morgan fingerprint density at radius 3 is 2.86 bits per heavy atom. The van der Waals surface area contributed by atoms with Crippen LogP contribution in [0.1, 0.15) is 5.56 Å². The number of nitrogens with zero attached hydrogens (tertiary/aromatic N) is 1. The summed E-state index contributed by atoms with van der Waals surface area (Å²) in [5, 5.41) is 0.743. The van der Waals surface area contributed by atoms with Crippen LogP contribution in [0.4, 0.5) is 10.5 Å². The van der Waals surface area contributed by atoms with Crippen molar-refractivity contribution >= 4 is 27.7 Å². The molecule has 1 aliphatic heterocycles. The monoisotopic (exact) mass is 255 g/mol. The minimum Gasteiger partial charge on any atom is -0.447 e. The third kappa shape index (κ3) is 1.62. The highest BCUT2D eigenvalue weighted by Gasteiger charge is 2.24. The van der Waals surface area contributed by atoms with Crippen molar-refractivity contribution in [1.29, 1.82) is 0 Å². The lowest BCUT2D eigenvalue weighted by Gasteiger charge is -2.15. The standard InChI is InChI=1S/C10H10BrNO2/c11-7-8-3-1-2-4-9(8)12-5-6-14-10(12)13/h1-4H,5-7H2. The van der Waals surface area contributed by atoms with Crippen LogP contribution in [0.25, 0.3) is 0 Å². The number of para-hydroxylation sites is 1. The van der Waals surface area contributed by atoms with Gasteiger partial charge in [0.15, 0.2) is 0 Å². The van der Waals surface area contributed by atoms with Gasteiger partial charge in [0.2, 0.25) is 0 Å². The maximum Gasteiger partial charge on any atom is 0.414 e. The quantitative estimate of drug-likeness (QED) is 0.761. The Morgan fingerprint density at radius 1 is 1.43 bits per heavy atom. The number of carbonyl (C=O) groups excluding carboxylic acids is 1. The van der Waals surface area contributed by atoms with Crippen LogP contribution in [0.3, 0.4) is 0 Å². The second-order valence-electron chi connectivity index (χ2n) is 3.03. The van der Waals surface area contributed by atoms with E-state index in [-0.39, 0.29) is 6.09 Å². The van der Waals surface area contributed by atoms with Crippen LogP contribution in [0, 0.1) is 0 Å². The van der Waals surface area contributed by atoms with Gasteiger partial charge in [0.05, 0.1) is 12.2 Å². The molecule has 0 unspecified atom stereocenters. The maximum atomic E-state index is 11.3. The summed E-state index contributed by atoms with van der Waals surface area (Å²) in [6, 6.07) is 7.81. The molecular weight excluding hydrogens is 246 g/mol. The van der Waals surface area contributed by atoms with Crippen LogP contribution < -0.4 is 4.90 Å². The third-order valence-electron chi connectivity index (χ3n) is 2.19. The van der Waals surface area contributed by atoms with Crippen LogP contribution in [0.15, 0.2) is 24.3 Å². The molecule has 0 N–H and O–H groups in total. The molecule has 14 heavy (non-hydrogen) atoms. The van der Waals surface area contributed by atoms with Gasteiger partial charge in [-0.25, -0.2) is 4.79 Å². The first-order valence-electron chi connectivity index (χ1n) is 4.41. The summed E-state index contributed by atoms with van der Waals surface area (Å²) in [5.41, 5.74) is 2.04. The number of hydrogen-bond donors (Lipinski definition) is 0. The molecule has 1 aliphatic rings. The molecule has 0 spiro atoms. The van der Waals surface area contributed by atoms with E-state index in [0.29, 0.717) is 13.2 Å². The first kappa shape index (κ1) is 9.52. The Bertz CT molecular complexity index is 354. The van der Waals surface area contributed by atoms with Crippen molar-refractivity contribution in [2.45, 2.75) is 5.33 Å². The molecule has 0 aromatic heterocycles. The number of hydrogen-bond acceptors (Lipinski definition) is 2. The Morgan fingerprint density at radius 2 is 2.21 bits per heavy atom. The summed E-state index contributed by atoms with van der Waals surface area (Å²) < 4.78 is 4.89. The number of carbonyl (C=O) groups is 1. The topological polar surface area (TPSA) is 29.5 Å². The number of alkyl halides is 1. The minimum absolute atomic E-state index is 0.251. The molecule has 1 aromatic rings. The van der Waals surface area contributed by atoms with Gasteiger partial charge < -0.3 is 4.74 Å². The highest BCUT2D eigenvalue weighted by molar-refractivity contribution is 9.08. The van der Waals surface area contributed by atoms with Gasteiger partial charge in [0.25, 0.3) is 0 Å². The molecule has 1 heterocycles. The summed E-state index contributed by atoms with van der Waals surface area (Å²) >= 11 is 3.40. The number of cyclic esters (lactones) is 1. The van der Waals surface area contributed by atoms with Crippen molar-refractivity contribution in [2.75, 3.05) is 18.1 Å². The van der Waals surface area contributed by atoms with Crippen molar-refractivity contribution in [2.24, 2.45) is 0 Å². The van der Waals surface area contributed by atoms with E-state index < -0.39 is 0 Å². The van der Waals surface area contributed by atoms with Gasteiger partial charge in [-0.2, -0.15) is 0 Å². The number of ether oxygens (including phenoxy) is 1. The normalized spacial score (nSPS) is 15.8. The van der Waals surface area contributed by atoms with Crippen LogP contribution in [-0.4, -0.2) is 19.2 Å². The fourth-order valence-corrected chi connectivity index (χ4v) is 1.97. The van der Waals surface area contributed by atoms with Crippen LogP contribution >= 0.6 is 15.9 Å². The zero-order valence-corrected chi connectivity index (χ0v) is 9.16. The van der Waals surface area contributed by atoms with E-state index in [0.717, 1.165) is 16.6 Å². The van der Waals surface area contributed by atoms with Crippen LogP contribution in [0.2, 0.25) is 0 Å². The summed E-state index contributed by atoms with van der Waals surface area (Å²) in [6.45, 7) is 1.12. The molecule has 0 bridgehead atoms. The molecule has 1 fully saturated rings. The molecule has 0 saturated carbocycles. The van der Waals surface area contributed by atoms with Gasteiger partial charge in [0, 0.05) is 5.33 Å². The summed E-state index contributed by atoms with van der Waals surface area (Å²) in [7, 11) is 0. The van der Waals surface area contributed by atoms with Gasteiger partial charge in [-0.1, -0.05) is 34.1 Å². The van der Waals surface area contributed by atoms with Crippen molar-refractivity contribution in [3.8, 4) is 0 Å². The highest BCUT2D eigenvalue weighted by Crippen LogP contribution is 2.24. The molecule has 4 heteroatoms. The first-order valence-corrected chi connectivity index (χ1v) is 5.53. The van der Waals surface area contributed by atoms with E-state index in [9.17, 15) is 4.79 Å². The van der Waals surface area contributed by atoms with Crippen molar-refractivity contribution in [3.63, 3.8) is 0 Å². The highest BCUT2D eigenvalue weighted by atomic mass is 79.9. The lowest BCUT2D eigenvalue weighted by atomic mass is 10.2. The largest absolute Gasteiger partial charge is 0.447 e. The van der Waals surface area contributed by atoms with Crippen LogP contribution in [-0.2, 0) is 10.1 Å². The Balaban J connectivity index is 2.35. The number of amides is 1. The SMILES string of the molecule is O=C1OCCN1c1ccccc1CBr. The zero-order valence-electron chi connectivity index (χ0n) is 7.57. The maximum absolute atomic E-state index is 11.3. The number of benzene rings is 1. The third-order valence-corrected chi connectivity index (χ3v) is 2.79. The van der Waals surface area contributed by atoms with Gasteiger partial charge >= 0.3 is 6.09 Å². The second-order valence-corrected chi connectivity index (χ2v) is 3.59. The molecule has 3 nitrogen and oxygen atoms in total. The second kappa shape index (κ2) is 4.00. The molecule has 1 saturated heterocycles. The van der Waals surface area contributed by atoms with E-state index in [1.807, 2.05) is 24.3 Å². The van der Waals surface area contributed by atoms with E-state index >= 15 is 0 Å². The van der Waals surface area contributed by atoms with E-state index in [4.69, 9.17) is 4.74 Å². The zero-order chi connectivity index (χ0) is 9.97. The van der Waals surface area contributed by atoms with Gasteiger partial charge in [0.1, 0.15) is 6.61 Å². The average Bonchev–Trinajstić information content (AvgIpc) is 2.64. The van der Waals surface area contributed by atoms with Gasteiger partial charge in [-0.3, -0.25) is 4.90 Å². The molecule has 1 aromatic carbocycles. The predicted octanol–water partition coefficient (Wildman–Crippen LogP) is 2.54. The molecule has 0 atom stereocenters. The lowest BCUT2D eigenvalue weighted by Crippen LogP contribution is -2.24. The lowest BCUT2D eigenvalue weighted by molar-refractivity contribution is 0.181. The molecule has 0 radical (unpaired) electrons. The average molecular weight is 256 g/mol. The van der Waals surface area contributed by atoms with Gasteiger partial charge in [-0.15, -0.1) is 0 Å². The first-order chi connectivity index (χ1) is 6.83. The van der Waals surface area contributed by atoms with E-state index in [2.05, 4.69) is 15.9 Å². The molecule has 2 rings (SSSR count). The van der Waals surface area contributed by atoms with Gasteiger partial charge in [-0.05, 0) is 11.6 Å². The molecule has 1 amide bonds. The molecular formula is C10H10BrNO2. The predicted molar refractivity (Wildman–Crippen MR) is 57.8 cm³/mol. The fourth-order valence-electron chi connectivity index (χ4n) is 1.50. The van der Waals surface area contributed by atoms with E-state index in [1.165, 1.54) is 0 Å². The Kier molecular flexibility index (Phi) is 2.72. The number of rotatable bonds is 2. The molecule has 0 aliphatic carbocycles.